The van der Waals surface area contributed by atoms with E-state index in [0.29, 0.717) is 17.7 Å². The highest BCUT2D eigenvalue weighted by Crippen LogP contribution is 2.40. The first-order chi connectivity index (χ1) is 10.6. The fourth-order valence-electron chi connectivity index (χ4n) is 2.43. The fourth-order valence-corrected chi connectivity index (χ4v) is 3.73. The van der Waals surface area contributed by atoms with Gasteiger partial charge < -0.3 is 4.98 Å². The van der Waals surface area contributed by atoms with Gasteiger partial charge in [-0.15, -0.1) is 0 Å². The van der Waals surface area contributed by atoms with E-state index in [1.54, 1.807) is 0 Å². The average molecular weight is 355 g/mol. The molecule has 3 rings (SSSR count). The molecule has 1 aromatic heterocycles. The van der Waals surface area contributed by atoms with Gasteiger partial charge in [-0.2, -0.15) is 36.8 Å². The zero-order valence-electron chi connectivity index (χ0n) is 11.5. The van der Waals surface area contributed by atoms with E-state index < -0.39 is 29.0 Å². The maximum Gasteiger partial charge on any atom is 0.418 e. The Labute approximate surface area is 129 Å². The Bertz CT molecular complexity index is 776. The molecular formula is C13H11F6N3S. The van der Waals surface area contributed by atoms with Crippen molar-refractivity contribution in [1.82, 2.24) is 15.3 Å². The van der Waals surface area contributed by atoms with Gasteiger partial charge in [0.05, 0.1) is 22.7 Å². The number of nitrogens with zero attached hydrogens (tertiary/aromatic N) is 1. The third kappa shape index (κ3) is 3.09. The minimum atomic E-state index is -4.92. The van der Waals surface area contributed by atoms with E-state index in [2.05, 4.69) is 21.2 Å². The Balaban J connectivity index is 2.18. The molecule has 0 bridgehead atoms. The molecule has 1 aliphatic heterocycles. The van der Waals surface area contributed by atoms with Crippen molar-refractivity contribution in [2.45, 2.75) is 18.4 Å². The van der Waals surface area contributed by atoms with Crippen molar-refractivity contribution in [2.75, 3.05) is 11.6 Å². The van der Waals surface area contributed by atoms with Crippen molar-refractivity contribution in [1.29, 1.82) is 0 Å². The molecule has 0 amide bonds. The Morgan fingerprint density at radius 2 is 1.83 bits per heavy atom. The molecule has 1 aliphatic rings. The Morgan fingerprint density at radius 3 is 2.35 bits per heavy atom. The van der Waals surface area contributed by atoms with Crippen LogP contribution in [0.25, 0.3) is 11.0 Å². The topological polar surface area (TPSA) is 40.7 Å². The lowest BCUT2D eigenvalue weighted by Crippen LogP contribution is -2.15. The monoisotopic (exact) mass is 355 g/mol. The number of imidazole rings is 1. The van der Waals surface area contributed by atoms with Gasteiger partial charge in [-0.3, -0.25) is 5.32 Å². The first-order valence-electron chi connectivity index (χ1n) is 6.44. The predicted molar refractivity (Wildman–Crippen MR) is 76.4 cm³/mol. The van der Waals surface area contributed by atoms with Crippen molar-refractivity contribution in [3.63, 3.8) is 0 Å². The van der Waals surface area contributed by atoms with Crippen LogP contribution in [0.15, 0.2) is 12.1 Å². The van der Waals surface area contributed by atoms with Gasteiger partial charge in [-0.1, -0.05) is 5.87 Å². The molecule has 1 fully saturated rings. The first-order valence-corrected chi connectivity index (χ1v) is 8.17. The maximum absolute atomic E-state index is 13.1. The summed E-state index contributed by atoms with van der Waals surface area (Å²) in [5.41, 5.74) is -3.53. The van der Waals surface area contributed by atoms with Gasteiger partial charge in [0.25, 0.3) is 0 Å². The lowest BCUT2D eigenvalue weighted by molar-refractivity contribution is -0.142. The zero-order valence-corrected chi connectivity index (χ0v) is 12.3. The van der Waals surface area contributed by atoms with Gasteiger partial charge in [0.1, 0.15) is 11.3 Å². The second-order valence-corrected chi connectivity index (χ2v) is 7.06. The molecule has 2 unspecified atom stereocenters. The highest BCUT2D eigenvalue weighted by Gasteiger charge is 2.39. The van der Waals surface area contributed by atoms with Gasteiger partial charge >= 0.3 is 12.4 Å². The molecule has 3 nitrogen and oxygen atoms in total. The number of H-pyrrole nitrogens is 1. The van der Waals surface area contributed by atoms with Crippen LogP contribution in [-0.4, -0.2) is 27.5 Å². The average Bonchev–Trinajstić information content (AvgIpc) is 3.00. The van der Waals surface area contributed by atoms with Crippen LogP contribution < -0.4 is 5.32 Å². The Morgan fingerprint density at radius 1 is 1.13 bits per heavy atom. The zero-order chi connectivity index (χ0) is 17.0. The number of halogens is 6. The number of benzene rings is 1. The number of fused-ring (bicyclic) bond motifs is 1. The van der Waals surface area contributed by atoms with E-state index in [1.165, 1.54) is 0 Å². The smallest absolute Gasteiger partial charge is 0.341 e. The van der Waals surface area contributed by atoms with Crippen molar-refractivity contribution in [2.24, 2.45) is 0 Å². The number of aromatic nitrogens is 2. The summed E-state index contributed by atoms with van der Waals surface area (Å²) in [6.07, 6.45) is -9.80. The fraction of sp³-hybridized carbons (Fsp3) is 0.385. The van der Waals surface area contributed by atoms with E-state index in [-0.39, 0.29) is 33.9 Å². The van der Waals surface area contributed by atoms with Gasteiger partial charge in [0.15, 0.2) is 0 Å². The molecule has 2 aromatic rings. The van der Waals surface area contributed by atoms with Crippen LogP contribution in [0.3, 0.4) is 0 Å². The molecule has 0 radical (unpaired) electrons. The van der Waals surface area contributed by atoms with Crippen molar-refractivity contribution < 1.29 is 26.3 Å². The number of rotatable bonds is 1. The molecule has 10 heteroatoms. The van der Waals surface area contributed by atoms with Crippen molar-refractivity contribution in [3.05, 3.63) is 29.1 Å². The normalized spacial score (nSPS) is 22.9. The Kier molecular flexibility index (Phi) is 3.71. The highest BCUT2D eigenvalue weighted by molar-refractivity contribution is 8.14. The molecule has 0 saturated carbocycles. The molecule has 126 valence electrons. The molecule has 1 saturated heterocycles. The molecule has 0 aliphatic carbocycles. The van der Waals surface area contributed by atoms with Gasteiger partial charge in [0, 0.05) is 11.6 Å². The van der Waals surface area contributed by atoms with Crippen LogP contribution in [-0.2, 0) is 12.4 Å². The van der Waals surface area contributed by atoms with Crippen molar-refractivity contribution >= 4 is 27.4 Å². The van der Waals surface area contributed by atoms with Gasteiger partial charge in [-0.25, -0.2) is 4.98 Å². The largest absolute Gasteiger partial charge is 0.418 e. The molecule has 2 N–H and O–H groups in total. The summed E-state index contributed by atoms with van der Waals surface area (Å²) in [6.45, 7) is 0. The van der Waals surface area contributed by atoms with Crippen LogP contribution in [0, 0.1) is 0 Å². The van der Waals surface area contributed by atoms with Crippen LogP contribution in [0.1, 0.15) is 23.0 Å². The summed E-state index contributed by atoms with van der Waals surface area (Å²) in [5.74, 6) is 5.24. The quantitative estimate of drug-likeness (QED) is 0.602. The minimum absolute atomic E-state index is 0.0982. The van der Waals surface area contributed by atoms with E-state index in [9.17, 15) is 26.3 Å². The Hall–Kier alpha value is -1.55. The predicted octanol–water partition coefficient (Wildman–Crippen LogP) is 3.90. The summed E-state index contributed by atoms with van der Waals surface area (Å²) in [5, 5.41) is 3.04. The number of nitrogens with one attached hydrogen (secondary N) is 2. The van der Waals surface area contributed by atoms with Crippen LogP contribution in [0.5, 0.6) is 0 Å². The van der Waals surface area contributed by atoms with Gasteiger partial charge in [0.2, 0.25) is 0 Å². The van der Waals surface area contributed by atoms with Crippen molar-refractivity contribution in [3.8, 4) is 0 Å². The molecule has 23 heavy (non-hydrogen) atoms. The molecule has 2 heterocycles. The summed E-state index contributed by atoms with van der Waals surface area (Å²) in [6, 6.07) is 0.416. The first kappa shape index (κ1) is 16.3. The molecule has 2 atom stereocenters. The molecule has 1 aromatic carbocycles. The SMILES string of the molecule is C=S1CNC(c2nc3c(C(F)(F)F)cc(C(F)(F)F)cc3[nH]2)C1. The lowest BCUT2D eigenvalue weighted by Gasteiger charge is -2.11. The van der Waals surface area contributed by atoms with Crippen LogP contribution in [0.2, 0.25) is 0 Å². The van der Waals surface area contributed by atoms with Gasteiger partial charge in [-0.05, 0) is 12.1 Å². The number of aromatic amines is 1. The van der Waals surface area contributed by atoms with Crippen LogP contribution >= 0.6 is 10.5 Å². The third-order valence-electron chi connectivity index (χ3n) is 3.50. The summed E-state index contributed by atoms with van der Waals surface area (Å²) in [7, 11) is -0.189. The second kappa shape index (κ2) is 5.23. The molecule has 0 spiro atoms. The molecular weight excluding hydrogens is 344 g/mol. The van der Waals surface area contributed by atoms with E-state index in [4.69, 9.17) is 0 Å². The number of hydrogen-bond acceptors (Lipinski definition) is 2. The standard InChI is InChI=1S/C13H11F6N3S/c1-23-4-9(20-5-23)11-21-8-3-6(12(14,15)16)2-7(10(8)22-11)13(17,18)19/h2-3,9,20H,1,4-5H2,(H,21,22). The second-order valence-electron chi connectivity index (χ2n) is 5.22. The van der Waals surface area contributed by atoms with E-state index >= 15 is 0 Å². The number of hydrogen-bond donors (Lipinski definition) is 2. The summed E-state index contributed by atoms with van der Waals surface area (Å²) >= 11 is 0. The van der Waals surface area contributed by atoms with E-state index in [1.807, 2.05) is 0 Å². The minimum Gasteiger partial charge on any atom is -0.341 e. The third-order valence-corrected chi connectivity index (χ3v) is 4.88. The van der Waals surface area contributed by atoms with Crippen LogP contribution in [0.4, 0.5) is 26.3 Å². The lowest BCUT2D eigenvalue weighted by atomic mass is 10.1. The van der Waals surface area contributed by atoms with E-state index in [0.717, 1.165) is 0 Å². The number of alkyl halides is 6. The summed E-state index contributed by atoms with van der Waals surface area (Å²) < 4.78 is 77.7. The summed E-state index contributed by atoms with van der Waals surface area (Å²) in [4.78, 5) is 6.48. The maximum atomic E-state index is 13.1. The highest BCUT2D eigenvalue weighted by atomic mass is 32.2.